The van der Waals surface area contributed by atoms with Crippen molar-refractivity contribution >= 4 is 22.9 Å². The molecule has 1 amide bonds. The molecule has 3 aromatic rings. The third-order valence-electron chi connectivity index (χ3n) is 4.14. The number of hydrogen-bond donors (Lipinski definition) is 2. The molecule has 0 radical (unpaired) electrons. The van der Waals surface area contributed by atoms with Crippen LogP contribution in [0.3, 0.4) is 0 Å². The third kappa shape index (κ3) is 4.32. The first-order valence-corrected chi connectivity index (χ1v) is 9.04. The minimum Gasteiger partial charge on any atom is -0.322 e. The molecule has 1 unspecified atom stereocenters. The minimum atomic E-state index is -0.212. The molecule has 1 heterocycles. The maximum Gasteiger partial charge on any atom is 0.275 e. The van der Waals surface area contributed by atoms with Gasteiger partial charge in [-0.25, -0.2) is 4.98 Å². The molecule has 128 valence electrons. The Kier molecular flexibility index (Phi) is 5.26. The molecular formula is C20H21N3OS. The van der Waals surface area contributed by atoms with Crippen molar-refractivity contribution in [2.24, 2.45) is 5.73 Å². The molecule has 0 bridgehead atoms. The highest BCUT2D eigenvalue weighted by Gasteiger charge is 2.16. The Balaban J connectivity index is 1.67. The first-order valence-electron chi connectivity index (χ1n) is 8.16. The quantitative estimate of drug-likeness (QED) is 0.722. The zero-order valence-electron chi connectivity index (χ0n) is 14.3. The number of nitrogens with zero attached hydrogens (tertiary/aromatic N) is 1. The molecule has 3 rings (SSSR count). The summed E-state index contributed by atoms with van der Waals surface area (Å²) >= 11 is 1.42. The fourth-order valence-corrected chi connectivity index (χ4v) is 3.33. The van der Waals surface area contributed by atoms with Gasteiger partial charge in [-0.3, -0.25) is 4.79 Å². The van der Waals surface area contributed by atoms with Crippen LogP contribution >= 0.6 is 11.3 Å². The zero-order chi connectivity index (χ0) is 17.8. The molecule has 5 heteroatoms. The summed E-state index contributed by atoms with van der Waals surface area (Å²) in [6, 6.07) is 15.7. The summed E-state index contributed by atoms with van der Waals surface area (Å²) in [6.45, 7) is 4.07. The highest BCUT2D eigenvalue weighted by atomic mass is 32.1. The number of anilines is 1. The standard InChI is InChI=1S/C20H21N3OS/c1-13-8-9-16(10-14(13)2)22-19(24)18-12-25-20(23-18)17(21)11-15-6-4-3-5-7-15/h3-10,12,17H,11,21H2,1-2H3,(H,22,24). The average molecular weight is 351 g/mol. The molecule has 0 spiro atoms. The molecule has 2 aromatic carbocycles. The van der Waals surface area contributed by atoms with Crippen LogP contribution in [0.15, 0.2) is 53.9 Å². The molecule has 0 saturated heterocycles. The molecule has 25 heavy (non-hydrogen) atoms. The van der Waals surface area contributed by atoms with Crippen LogP contribution in [0.1, 0.15) is 38.2 Å². The Morgan fingerprint density at radius 1 is 1.16 bits per heavy atom. The predicted molar refractivity (Wildman–Crippen MR) is 103 cm³/mol. The van der Waals surface area contributed by atoms with E-state index in [-0.39, 0.29) is 11.9 Å². The van der Waals surface area contributed by atoms with Gasteiger partial charge < -0.3 is 11.1 Å². The van der Waals surface area contributed by atoms with E-state index in [1.807, 2.05) is 62.4 Å². The summed E-state index contributed by atoms with van der Waals surface area (Å²) in [5.74, 6) is -0.210. The van der Waals surface area contributed by atoms with E-state index < -0.39 is 0 Å². The number of hydrogen-bond acceptors (Lipinski definition) is 4. The normalized spacial score (nSPS) is 12.0. The average Bonchev–Trinajstić information content (AvgIpc) is 3.09. The molecule has 0 aliphatic carbocycles. The van der Waals surface area contributed by atoms with Gasteiger partial charge in [0.25, 0.3) is 5.91 Å². The van der Waals surface area contributed by atoms with Gasteiger partial charge in [0.1, 0.15) is 10.7 Å². The monoisotopic (exact) mass is 351 g/mol. The van der Waals surface area contributed by atoms with E-state index in [9.17, 15) is 4.79 Å². The van der Waals surface area contributed by atoms with Crippen molar-refractivity contribution in [2.45, 2.75) is 26.3 Å². The van der Waals surface area contributed by atoms with Gasteiger partial charge in [-0.15, -0.1) is 11.3 Å². The van der Waals surface area contributed by atoms with Crippen molar-refractivity contribution in [1.82, 2.24) is 4.98 Å². The van der Waals surface area contributed by atoms with E-state index in [4.69, 9.17) is 5.73 Å². The summed E-state index contributed by atoms with van der Waals surface area (Å²) in [5.41, 5.74) is 10.9. The van der Waals surface area contributed by atoms with Gasteiger partial charge in [0.05, 0.1) is 6.04 Å². The topological polar surface area (TPSA) is 68.0 Å². The van der Waals surface area contributed by atoms with Gasteiger partial charge in [0, 0.05) is 11.1 Å². The highest BCUT2D eigenvalue weighted by Crippen LogP contribution is 2.21. The van der Waals surface area contributed by atoms with Crippen molar-refractivity contribution in [2.75, 3.05) is 5.32 Å². The van der Waals surface area contributed by atoms with Crippen LogP contribution in [0.25, 0.3) is 0 Å². The van der Waals surface area contributed by atoms with Crippen LogP contribution in [0, 0.1) is 13.8 Å². The Morgan fingerprint density at radius 3 is 2.64 bits per heavy atom. The first-order chi connectivity index (χ1) is 12.0. The van der Waals surface area contributed by atoms with Crippen molar-refractivity contribution in [3.8, 4) is 0 Å². The molecule has 0 saturated carbocycles. The Labute approximate surface area is 151 Å². The fourth-order valence-electron chi connectivity index (χ4n) is 2.53. The Morgan fingerprint density at radius 2 is 1.92 bits per heavy atom. The van der Waals surface area contributed by atoms with Crippen LogP contribution in [-0.2, 0) is 6.42 Å². The lowest BCUT2D eigenvalue weighted by Gasteiger charge is -2.08. The first kappa shape index (κ1) is 17.3. The van der Waals surface area contributed by atoms with Crippen LogP contribution in [0.4, 0.5) is 5.69 Å². The molecule has 0 aliphatic heterocycles. The lowest BCUT2D eigenvalue weighted by Crippen LogP contribution is -2.15. The summed E-state index contributed by atoms with van der Waals surface area (Å²) in [4.78, 5) is 16.8. The summed E-state index contributed by atoms with van der Waals surface area (Å²) in [6.07, 6.45) is 0.701. The van der Waals surface area contributed by atoms with Gasteiger partial charge >= 0.3 is 0 Å². The third-order valence-corrected chi connectivity index (χ3v) is 5.11. The van der Waals surface area contributed by atoms with E-state index in [0.29, 0.717) is 12.1 Å². The summed E-state index contributed by atoms with van der Waals surface area (Å²) in [5, 5.41) is 5.43. The maximum atomic E-state index is 12.4. The number of carbonyl (C=O) groups is 1. The number of carbonyl (C=O) groups excluding carboxylic acids is 1. The van der Waals surface area contributed by atoms with E-state index in [1.165, 1.54) is 16.9 Å². The van der Waals surface area contributed by atoms with Crippen molar-refractivity contribution in [3.05, 3.63) is 81.3 Å². The van der Waals surface area contributed by atoms with Crippen LogP contribution in [-0.4, -0.2) is 10.9 Å². The second-order valence-electron chi connectivity index (χ2n) is 6.12. The number of rotatable bonds is 5. The van der Waals surface area contributed by atoms with E-state index >= 15 is 0 Å². The van der Waals surface area contributed by atoms with Gasteiger partial charge in [0.2, 0.25) is 0 Å². The smallest absolute Gasteiger partial charge is 0.275 e. The SMILES string of the molecule is Cc1ccc(NC(=O)c2csc(C(N)Cc3ccccc3)n2)cc1C. The van der Waals surface area contributed by atoms with Gasteiger partial charge in [-0.1, -0.05) is 36.4 Å². The van der Waals surface area contributed by atoms with Crippen molar-refractivity contribution in [3.63, 3.8) is 0 Å². The van der Waals surface area contributed by atoms with Crippen LogP contribution < -0.4 is 11.1 Å². The number of aryl methyl sites for hydroxylation is 2. The Hall–Kier alpha value is -2.50. The lowest BCUT2D eigenvalue weighted by atomic mass is 10.1. The molecule has 0 fully saturated rings. The lowest BCUT2D eigenvalue weighted by molar-refractivity contribution is 0.102. The summed E-state index contributed by atoms with van der Waals surface area (Å²) in [7, 11) is 0. The number of nitrogens with two attached hydrogens (primary N) is 1. The van der Waals surface area contributed by atoms with Crippen LogP contribution in [0.2, 0.25) is 0 Å². The maximum absolute atomic E-state index is 12.4. The molecule has 1 aromatic heterocycles. The largest absolute Gasteiger partial charge is 0.322 e. The van der Waals surface area contributed by atoms with Gasteiger partial charge in [-0.05, 0) is 49.1 Å². The predicted octanol–water partition coefficient (Wildman–Crippen LogP) is 4.25. The Bertz CT molecular complexity index is 874. The number of benzene rings is 2. The molecular weight excluding hydrogens is 330 g/mol. The van der Waals surface area contributed by atoms with E-state index in [1.54, 1.807) is 5.38 Å². The second-order valence-corrected chi connectivity index (χ2v) is 7.01. The molecule has 4 nitrogen and oxygen atoms in total. The van der Waals surface area contributed by atoms with Gasteiger partial charge in [0.15, 0.2) is 0 Å². The number of aromatic nitrogens is 1. The second kappa shape index (κ2) is 7.59. The molecule has 1 atom stereocenters. The molecule has 3 N–H and O–H groups in total. The number of thiazole rings is 1. The van der Waals surface area contributed by atoms with E-state index in [2.05, 4.69) is 10.3 Å². The molecule has 0 aliphatic rings. The fraction of sp³-hybridized carbons (Fsp3) is 0.200. The zero-order valence-corrected chi connectivity index (χ0v) is 15.1. The highest BCUT2D eigenvalue weighted by molar-refractivity contribution is 7.09. The number of amides is 1. The van der Waals surface area contributed by atoms with Crippen molar-refractivity contribution < 1.29 is 4.79 Å². The minimum absolute atomic E-state index is 0.210. The number of nitrogens with one attached hydrogen (secondary N) is 1. The summed E-state index contributed by atoms with van der Waals surface area (Å²) < 4.78 is 0. The van der Waals surface area contributed by atoms with Crippen molar-refractivity contribution in [1.29, 1.82) is 0 Å². The van der Waals surface area contributed by atoms with E-state index in [0.717, 1.165) is 21.8 Å². The van der Waals surface area contributed by atoms with Gasteiger partial charge in [-0.2, -0.15) is 0 Å². The van der Waals surface area contributed by atoms with Crippen LogP contribution in [0.5, 0.6) is 0 Å².